The van der Waals surface area contributed by atoms with Crippen LogP contribution in [0.3, 0.4) is 0 Å². The second-order valence-electron chi connectivity index (χ2n) is 2.99. The predicted octanol–water partition coefficient (Wildman–Crippen LogP) is 2.11. The summed E-state index contributed by atoms with van der Waals surface area (Å²) in [5.74, 6) is -1.08. The Morgan fingerprint density at radius 2 is 2.17 bits per heavy atom. The molecule has 0 amide bonds. The minimum absolute atomic E-state index is 0.404. The van der Waals surface area contributed by atoms with Crippen LogP contribution in [0.5, 0.6) is 0 Å². The Bertz CT molecular complexity index is 502. The normalized spacial score (nSPS) is 12.4. The first-order valence-electron chi connectivity index (χ1n) is 4.34. The number of pyridine rings is 1. The molecule has 1 N–H and O–H groups in total. The molecule has 0 unspecified atom stereocenters. The number of nitrogens with zero attached hydrogens (tertiary/aromatic N) is 2. The zero-order valence-electron chi connectivity index (χ0n) is 8.82. The minimum Gasteiger partial charge on any atom is -0.464 e. The monoisotopic (exact) mass is 282 g/mol. The van der Waals surface area contributed by atoms with Gasteiger partial charge in [-0.1, -0.05) is 16.8 Å². The van der Waals surface area contributed by atoms with E-state index in [4.69, 9.17) is 16.8 Å². The summed E-state index contributed by atoms with van der Waals surface area (Å²) >= 11 is 5.55. The van der Waals surface area contributed by atoms with E-state index in [-0.39, 0.29) is 0 Å². The summed E-state index contributed by atoms with van der Waals surface area (Å²) in [6, 6.07) is 0.567. The van der Waals surface area contributed by atoms with Crippen LogP contribution in [0.25, 0.3) is 0 Å². The molecule has 0 aromatic carbocycles. The molecule has 0 saturated carbocycles. The van der Waals surface area contributed by atoms with Gasteiger partial charge in [0.25, 0.3) is 0 Å². The van der Waals surface area contributed by atoms with Crippen LogP contribution in [0, 0.1) is 0 Å². The van der Waals surface area contributed by atoms with Crippen LogP contribution in [-0.2, 0) is 15.7 Å². The summed E-state index contributed by atoms with van der Waals surface area (Å²) in [5, 5.41) is 10.7. The molecule has 1 aromatic heterocycles. The lowest BCUT2D eigenvalue weighted by atomic mass is 10.2. The largest absolute Gasteiger partial charge is 0.464 e. The fourth-order valence-electron chi connectivity index (χ4n) is 1.05. The standard InChI is InChI=1S/C9H6ClF3N2O3/c1-18-8(16)7(15-17)6-5(10)2-4(3-14-6)9(11,12)13/h2-3,17H,1H3. The van der Waals surface area contributed by atoms with E-state index in [1.165, 1.54) is 0 Å². The van der Waals surface area contributed by atoms with Crippen molar-refractivity contribution in [2.24, 2.45) is 5.16 Å². The summed E-state index contributed by atoms with van der Waals surface area (Å²) in [5.41, 5.74) is -2.17. The number of oxime groups is 1. The van der Waals surface area contributed by atoms with Gasteiger partial charge in [0.15, 0.2) is 0 Å². The second kappa shape index (κ2) is 5.21. The number of alkyl halides is 3. The third kappa shape index (κ3) is 2.89. The topological polar surface area (TPSA) is 71.8 Å². The van der Waals surface area contributed by atoms with Crippen molar-refractivity contribution in [2.75, 3.05) is 7.11 Å². The fraction of sp³-hybridized carbons (Fsp3) is 0.222. The van der Waals surface area contributed by atoms with Crippen molar-refractivity contribution in [1.82, 2.24) is 4.98 Å². The number of ether oxygens (including phenoxy) is 1. The van der Waals surface area contributed by atoms with E-state index in [0.29, 0.717) is 12.3 Å². The number of aromatic nitrogens is 1. The van der Waals surface area contributed by atoms with Crippen LogP contribution >= 0.6 is 11.6 Å². The van der Waals surface area contributed by atoms with Gasteiger partial charge in [-0.15, -0.1) is 0 Å². The van der Waals surface area contributed by atoms with Gasteiger partial charge < -0.3 is 9.94 Å². The van der Waals surface area contributed by atoms with Crippen LogP contribution in [0.1, 0.15) is 11.3 Å². The van der Waals surface area contributed by atoms with Crippen LogP contribution < -0.4 is 0 Å². The van der Waals surface area contributed by atoms with Gasteiger partial charge in [0.05, 0.1) is 17.7 Å². The molecule has 18 heavy (non-hydrogen) atoms. The molecule has 9 heteroatoms. The maximum absolute atomic E-state index is 12.3. The highest BCUT2D eigenvalue weighted by Gasteiger charge is 2.32. The molecule has 0 aliphatic rings. The molecule has 0 atom stereocenters. The van der Waals surface area contributed by atoms with Gasteiger partial charge in [-0.2, -0.15) is 13.2 Å². The first-order valence-corrected chi connectivity index (χ1v) is 4.72. The maximum atomic E-state index is 12.3. The van der Waals surface area contributed by atoms with E-state index in [0.717, 1.165) is 7.11 Å². The number of halogens is 4. The van der Waals surface area contributed by atoms with Gasteiger partial charge in [-0.25, -0.2) is 4.79 Å². The fourth-order valence-corrected chi connectivity index (χ4v) is 1.30. The first-order chi connectivity index (χ1) is 8.31. The van der Waals surface area contributed by atoms with Crippen molar-refractivity contribution in [3.63, 3.8) is 0 Å². The number of carbonyl (C=O) groups is 1. The van der Waals surface area contributed by atoms with E-state index >= 15 is 0 Å². The average molecular weight is 283 g/mol. The zero-order valence-corrected chi connectivity index (χ0v) is 9.58. The van der Waals surface area contributed by atoms with Gasteiger partial charge in [-0.05, 0) is 6.07 Å². The van der Waals surface area contributed by atoms with E-state index in [1.807, 2.05) is 0 Å². The predicted molar refractivity (Wildman–Crippen MR) is 54.6 cm³/mol. The average Bonchev–Trinajstić information content (AvgIpc) is 2.30. The van der Waals surface area contributed by atoms with E-state index < -0.39 is 34.1 Å². The maximum Gasteiger partial charge on any atom is 0.417 e. The molecule has 0 fully saturated rings. The lowest BCUT2D eigenvalue weighted by Gasteiger charge is -2.08. The van der Waals surface area contributed by atoms with E-state index in [2.05, 4.69) is 14.9 Å². The third-order valence-electron chi connectivity index (χ3n) is 1.87. The molecule has 0 aliphatic carbocycles. The van der Waals surface area contributed by atoms with Gasteiger partial charge in [-0.3, -0.25) is 4.98 Å². The number of esters is 1. The SMILES string of the molecule is COC(=O)C(=NO)c1ncc(C(F)(F)F)cc1Cl. The van der Waals surface area contributed by atoms with Gasteiger partial charge in [0.2, 0.25) is 5.71 Å². The Morgan fingerprint density at radius 1 is 1.56 bits per heavy atom. The van der Waals surface area contributed by atoms with Gasteiger partial charge in [0.1, 0.15) is 5.69 Å². The molecule has 1 rings (SSSR count). The molecular weight excluding hydrogens is 277 g/mol. The summed E-state index contributed by atoms with van der Waals surface area (Å²) in [4.78, 5) is 14.5. The summed E-state index contributed by atoms with van der Waals surface area (Å²) < 4.78 is 41.3. The Hall–Kier alpha value is -1.83. The molecule has 1 aromatic rings. The van der Waals surface area contributed by atoms with Crippen molar-refractivity contribution in [3.05, 3.63) is 28.5 Å². The van der Waals surface area contributed by atoms with Gasteiger partial charge in [0, 0.05) is 6.20 Å². The Morgan fingerprint density at radius 3 is 2.56 bits per heavy atom. The smallest absolute Gasteiger partial charge is 0.417 e. The number of methoxy groups -OCH3 is 1. The van der Waals surface area contributed by atoms with Crippen molar-refractivity contribution in [3.8, 4) is 0 Å². The highest BCUT2D eigenvalue weighted by atomic mass is 35.5. The summed E-state index contributed by atoms with van der Waals surface area (Å²) in [6.45, 7) is 0. The molecule has 0 aliphatic heterocycles. The summed E-state index contributed by atoms with van der Waals surface area (Å²) in [7, 11) is 1.01. The highest BCUT2D eigenvalue weighted by molar-refractivity contribution is 6.46. The molecule has 98 valence electrons. The third-order valence-corrected chi connectivity index (χ3v) is 2.16. The Kier molecular flexibility index (Phi) is 4.12. The Balaban J connectivity index is 3.25. The minimum atomic E-state index is -4.61. The molecule has 0 saturated heterocycles. The molecule has 0 radical (unpaired) electrons. The number of hydrogen-bond donors (Lipinski definition) is 1. The molecule has 0 spiro atoms. The second-order valence-corrected chi connectivity index (χ2v) is 3.40. The van der Waals surface area contributed by atoms with E-state index in [9.17, 15) is 18.0 Å². The van der Waals surface area contributed by atoms with Crippen molar-refractivity contribution < 1.29 is 27.9 Å². The Labute approximate surface area is 104 Å². The molecular formula is C9H6ClF3N2O3. The van der Waals surface area contributed by atoms with E-state index in [1.54, 1.807) is 0 Å². The number of hydrogen-bond acceptors (Lipinski definition) is 5. The molecule has 1 heterocycles. The van der Waals surface area contributed by atoms with Crippen LogP contribution in [0.2, 0.25) is 5.02 Å². The van der Waals surface area contributed by atoms with Crippen LogP contribution in [0.15, 0.2) is 17.4 Å². The highest BCUT2D eigenvalue weighted by Crippen LogP contribution is 2.31. The van der Waals surface area contributed by atoms with Crippen LogP contribution in [0.4, 0.5) is 13.2 Å². The zero-order chi connectivity index (χ0) is 13.9. The lowest BCUT2D eigenvalue weighted by Crippen LogP contribution is -2.19. The van der Waals surface area contributed by atoms with Crippen LogP contribution in [-0.4, -0.2) is 29.0 Å². The van der Waals surface area contributed by atoms with Gasteiger partial charge >= 0.3 is 12.1 Å². The quantitative estimate of drug-likeness (QED) is 0.390. The number of carbonyl (C=O) groups excluding carboxylic acids is 1. The molecule has 5 nitrogen and oxygen atoms in total. The first kappa shape index (κ1) is 14.2. The van der Waals surface area contributed by atoms with Crippen molar-refractivity contribution in [2.45, 2.75) is 6.18 Å². The molecule has 0 bridgehead atoms. The lowest BCUT2D eigenvalue weighted by molar-refractivity contribution is -0.137. The summed E-state index contributed by atoms with van der Waals surface area (Å²) in [6.07, 6.45) is -4.15. The van der Waals surface area contributed by atoms with Crippen molar-refractivity contribution in [1.29, 1.82) is 0 Å². The van der Waals surface area contributed by atoms with Crippen molar-refractivity contribution >= 4 is 23.3 Å². The number of rotatable bonds is 2.